The molecule has 0 spiro atoms. The minimum atomic E-state index is -0.831. The molecule has 4 aromatic rings. The van der Waals surface area contributed by atoms with Gasteiger partial charge in [-0.15, -0.1) is 0 Å². The predicted molar refractivity (Wildman–Crippen MR) is 140 cm³/mol. The van der Waals surface area contributed by atoms with Crippen molar-refractivity contribution in [2.75, 3.05) is 12.0 Å². The number of hydrogen-bond acceptors (Lipinski definition) is 4. The maximum atomic E-state index is 13.5. The van der Waals surface area contributed by atoms with E-state index in [1.54, 1.807) is 43.5 Å². The molecule has 1 amide bonds. The predicted octanol–water partition coefficient (Wildman–Crippen LogP) is 6.18. The number of ketones is 1. The van der Waals surface area contributed by atoms with E-state index < -0.39 is 17.7 Å². The molecule has 1 aliphatic rings. The van der Waals surface area contributed by atoms with E-state index in [0.29, 0.717) is 17.0 Å². The monoisotopic (exact) mass is 530 g/mol. The number of Topliss-reactive ketones (excluding diaryl/α,β-unsaturated/α-hetero) is 1. The van der Waals surface area contributed by atoms with E-state index >= 15 is 0 Å². The topological polar surface area (TPSA) is 82.6 Å². The van der Waals surface area contributed by atoms with Crippen molar-refractivity contribution >= 4 is 50.0 Å². The van der Waals surface area contributed by atoms with E-state index in [2.05, 4.69) is 20.9 Å². The second-order valence-corrected chi connectivity index (χ2v) is 9.40. The summed E-state index contributed by atoms with van der Waals surface area (Å²) in [5.41, 5.74) is 4.38. The van der Waals surface area contributed by atoms with Gasteiger partial charge in [0.15, 0.2) is 0 Å². The third-order valence-electron chi connectivity index (χ3n) is 6.42. The summed E-state index contributed by atoms with van der Waals surface area (Å²) in [6, 6.07) is 19.2. The number of hydrogen-bond donors (Lipinski definition) is 2. The van der Waals surface area contributed by atoms with E-state index in [1.807, 2.05) is 44.2 Å². The third-order valence-corrected chi connectivity index (χ3v) is 7.31. The van der Waals surface area contributed by atoms with Crippen LogP contribution in [0.1, 0.15) is 28.4 Å². The Morgan fingerprint density at radius 3 is 2.54 bits per heavy atom. The highest BCUT2D eigenvalue weighted by molar-refractivity contribution is 9.10. The Bertz CT molecular complexity index is 1540. The van der Waals surface area contributed by atoms with Crippen LogP contribution in [-0.4, -0.2) is 28.9 Å². The fraction of sp³-hybridized carbons (Fsp3) is 0.143. The maximum absolute atomic E-state index is 13.5. The highest BCUT2D eigenvalue weighted by atomic mass is 79.9. The second-order valence-electron chi connectivity index (χ2n) is 8.54. The first-order chi connectivity index (χ1) is 16.8. The smallest absolute Gasteiger partial charge is 0.300 e. The molecule has 7 heteroatoms. The zero-order valence-electron chi connectivity index (χ0n) is 19.4. The normalized spacial score (nSPS) is 17.4. The molecule has 1 saturated heterocycles. The average molecular weight is 531 g/mol. The lowest BCUT2D eigenvalue weighted by molar-refractivity contribution is -0.132. The Morgan fingerprint density at radius 1 is 1.03 bits per heavy atom. The lowest BCUT2D eigenvalue weighted by Crippen LogP contribution is -2.29. The molecule has 3 aromatic carbocycles. The molecule has 5 rings (SSSR count). The number of aromatic amines is 1. The van der Waals surface area contributed by atoms with Gasteiger partial charge >= 0.3 is 0 Å². The SMILES string of the molecule is COc1cccc(N2C(=O)C(=O)/C(=C(/O)c3ccc(Br)c(C)c3)C2c2c(C)[nH]c3ccccc23)c1. The Kier molecular flexibility index (Phi) is 5.73. The molecule has 0 saturated carbocycles. The lowest BCUT2D eigenvalue weighted by Gasteiger charge is -2.26. The van der Waals surface area contributed by atoms with Crippen LogP contribution < -0.4 is 9.64 Å². The van der Waals surface area contributed by atoms with Crippen molar-refractivity contribution in [3.8, 4) is 5.75 Å². The van der Waals surface area contributed by atoms with Crippen LogP contribution in [0.15, 0.2) is 76.8 Å². The number of amides is 1. The molecule has 35 heavy (non-hydrogen) atoms. The number of halogens is 1. The molecule has 1 atom stereocenters. The van der Waals surface area contributed by atoms with Gasteiger partial charge in [0.2, 0.25) is 0 Å². The van der Waals surface area contributed by atoms with Crippen molar-refractivity contribution in [3.05, 3.63) is 99.2 Å². The molecule has 6 nitrogen and oxygen atoms in total. The zero-order valence-corrected chi connectivity index (χ0v) is 21.0. The summed E-state index contributed by atoms with van der Waals surface area (Å²) < 4.78 is 6.25. The molecule has 1 aliphatic heterocycles. The van der Waals surface area contributed by atoms with Gasteiger partial charge in [-0.1, -0.05) is 46.3 Å². The highest BCUT2D eigenvalue weighted by Crippen LogP contribution is 2.46. The van der Waals surface area contributed by atoms with E-state index in [1.165, 1.54) is 4.90 Å². The van der Waals surface area contributed by atoms with Crippen LogP contribution >= 0.6 is 15.9 Å². The van der Waals surface area contributed by atoms with Crippen LogP contribution in [0.2, 0.25) is 0 Å². The van der Waals surface area contributed by atoms with Gasteiger partial charge in [0.05, 0.1) is 18.7 Å². The summed E-state index contributed by atoms with van der Waals surface area (Å²) >= 11 is 3.47. The number of aromatic nitrogens is 1. The fourth-order valence-electron chi connectivity index (χ4n) is 4.73. The van der Waals surface area contributed by atoms with Crippen molar-refractivity contribution in [2.24, 2.45) is 0 Å². The van der Waals surface area contributed by atoms with E-state index in [9.17, 15) is 14.7 Å². The van der Waals surface area contributed by atoms with Crippen LogP contribution in [-0.2, 0) is 9.59 Å². The van der Waals surface area contributed by atoms with Crippen LogP contribution in [0.25, 0.3) is 16.7 Å². The molecular formula is C28H23BrN2O4. The molecule has 176 valence electrons. The maximum Gasteiger partial charge on any atom is 0.300 e. The molecule has 1 aromatic heterocycles. The van der Waals surface area contributed by atoms with Gasteiger partial charge in [0.25, 0.3) is 11.7 Å². The van der Waals surface area contributed by atoms with Crippen LogP contribution in [0.3, 0.4) is 0 Å². The minimum absolute atomic E-state index is 0.0485. The first-order valence-electron chi connectivity index (χ1n) is 11.1. The first kappa shape index (κ1) is 22.9. The molecule has 0 bridgehead atoms. The molecular weight excluding hydrogens is 508 g/mol. The number of H-pyrrole nitrogens is 1. The van der Waals surface area contributed by atoms with Gasteiger partial charge in [-0.2, -0.15) is 0 Å². The number of nitrogens with one attached hydrogen (secondary N) is 1. The number of aliphatic hydroxyl groups is 1. The summed E-state index contributed by atoms with van der Waals surface area (Å²) in [5, 5.41) is 12.3. The molecule has 0 aliphatic carbocycles. The van der Waals surface area contributed by atoms with Crippen molar-refractivity contribution in [3.63, 3.8) is 0 Å². The number of carbonyl (C=O) groups is 2. The summed E-state index contributed by atoms with van der Waals surface area (Å²) in [5.74, 6) is -1.09. The number of anilines is 1. The van der Waals surface area contributed by atoms with Crippen LogP contribution in [0.5, 0.6) is 5.75 Å². The van der Waals surface area contributed by atoms with E-state index in [4.69, 9.17) is 4.74 Å². The Labute approximate surface area is 211 Å². The van der Waals surface area contributed by atoms with Crippen molar-refractivity contribution in [1.29, 1.82) is 0 Å². The van der Waals surface area contributed by atoms with E-state index in [0.717, 1.165) is 32.2 Å². The number of aliphatic hydroxyl groups excluding tert-OH is 1. The lowest BCUT2D eigenvalue weighted by atomic mass is 9.93. The number of ether oxygens (including phenoxy) is 1. The van der Waals surface area contributed by atoms with Gasteiger partial charge in [-0.25, -0.2) is 0 Å². The highest BCUT2D eigenvalue weighted by Gasteiger charge is 2.48. The van der Waals surface area contributed by atoms with Gasteiger partial charge < -0.3 is 14.8 Å². The first-order valence-corrected chi connectivity index (χ1v) is 11.9. The van der Waals surface area contributed by atoms with E-state index in [-0.39, 0.29) is 11.3 Å². The number of fused-ring (bicyclic) bond motifs is 1. The quantitative estimate of drug-likeness (QED) is 0.187. The van der Waals surface area contributed by atoms with Gasteiger partial charge in [-0.3, -0.25) is 14.5 Å². The average Bonchev–Trinajstić information content (AvgIpc) is 3.32. The fourth-order valence-corrected chi connectivity index (χ4v) is 4.98. The molecule has 1 fully saturated rings. The largest absolute Gasteiger partial charge is 0.507 e. The number of para-hydroxylation sites is 1. The minimum Gasteiger partial charge on any atom is -0.507 e. The summed E-state index contributed by atoms with van der Waals surface area (Å²) in [4.78, 5) is 31.8. The summed E-state index contributed by atoms with van der Waals surface area (Å²) in [7, 11) is 1.55. The van der Waals surface area contributed by atoms with Gasteiger partial charge in [0, 0.05) is 44.0 Å². The molecule has 2 heterocycles. The third kappa shape index (κ3) is 3.72. The summed E-state index contributed by atoms with van der Waals surface area (Å²) in [6.45, 7) is 3.81. The number of nitrogens with zero attached hydrogens (tertiary/aromatic N) is 1. The Morgan fingerprint density at radius 2 is 1.80 bits per heavy atom. The second kappa shape index (κ2) is 8.74. The number of rotatable bonds is 4. The van der Waals surface area contributed by atoms with Gasteiger partial charge in [0.1, 0.15) is 11.5 Å². The zero-order chi connectivity index (χ0) is 24.9. The Hall–Kier alpha value is -3.84. The number of benzene rings is 3. The number of methoxy groups -OCH3 is 1. The molecule has 1 unspecified atom stereocenters. The summed E-state index contributed by atoms with van der Waals surface area (Å²) in [6.07, 6.45) is 0. The molecule has 2 N–H and O–H groups in total. The van der Waals surface area contributed by atoms with Crippen LogP contribution in [0.4, 0.5) is 5.69 Å². The van der Waals surface area contributed by atoms with Crippen molar-refractivity contribution < 1.29 is 19.4 Å². The van der Waals surface area contributed by atoms with Crippen LogP contribution in [0, 0.1) is 13.8 Å². The number of aryl methyl sites for hydroxylation is 2. The Balaban J connectivity index is 1.82. The van der Waals surface area contributed by atoms with Crippen molar-refractivity contribution in [2.45, 2.75) is 19.9 Å². The van der Waals surface area contributed by atoms with Crippen molar-refractivity contribution in [1.82, 2.24) is 4.98 Å². The molecule has 0 radical (unpaired) electrons. The standard InChI is InChI=1S/C28H23BrN2O4/c1-15-13-17(11-12-21(15)29)26(32)24-25(23-16(2)30-22-10-5-4-9-20(22)23)31(28(34)27(24)33)18-7-6-8-19(14-18)35-3/h4-14,25,30,32H,1-3H3/b26-24+. The number of carbonyl (C=O) groups excluding carboxylic acids is 2. The van der Waals surface area contributed by atoms with Gasteiger partial charge in [-0.05, 0) is 49.7 Å².